The molecule has 6 rings (SSSR count). The highest BCUT2D eigenvalue weighted by atomic mass is 19.1. The van der Waals surface area contributed by atoms with E-state index in [2.05, 4.69) is 10.3 Å². The van der Waals surface area contributed by atoms with E-state index in [4.69, 9.17) is 25.2 Å². The van der Waals surface area contributed by atoms with E-state index in [0.29, 0.717) is 44.9 Å². The Morgan fingerprint density at radius 3 is 2.11 bits per heavy atom. The SMILES string of the molecule is COC(=O)[C@H](Cc1c[nH]c2ccc(OCC(N)=O)cc12)NC(=O)c1ccc2nc(-c3ccc(F)cc3)c(-c3ccc(F)cc3)nc2c1. The predicted molar refractivity (Wildman–Crippen MR) is 170 cm³/mol. The number of nitrogens with one attached hydrogen (secondary N) is 2. The molecule has 0 saturated carbocycles. The first-order chi connectivity index (χ1) is 22.7. The number of aromatic nitrogens is 3. The van der Waals surface area contributed by atoms with Gasteiger partial charge in [0, 0.05) is 40.2 Å². The molecule has 0 radical (unpaired) electrons. The van der Waals surface area contributed by atoms with Gasteiger partial charge in [-0.15, -0.1) is 0 Å². The van der Waals surface area contributed by atoms with Crippen LogP contribution in [-0.2, 0) is 20.7 Å². The summed E-state index contributed by atoms with van der Waals surface area (Å²) in [4.78, 5) is 50.1. The van der Waals surface area contributed by atoms with Crippen LogP contribution in [0.4, 0.5) is 8.78 Å². The Kier molecular flexibility index (Phi) is 8.56. The maximum absolute atomic E-state index is 13.7. The lowest BCUT2D eigenvalue weighted by atomic mass is 10.0. The molecule has 2 amide bonds. The third-order valence-corrected chi connectivity index (χ3v) is 7.50. The molecule has 12 heteroatoms. The zero-order chi connectivity index (χ0) is 33.1. The van der Waals surface area contributed by atoms with Gasteiger partial charge in [0.15, 0.2) is 6.61 Å². The van der Waals surface area contributed by atoms with E-state index in [1.165, 1.54) is 31.4 Å². The number of methoxy groups -OCH3 is 1. The minimum atomic E-state index is -1.06. The zero-order valence-electron chi connectivity index (χ0n) is 24.9. The molecule has 0 fully saturated rings. The van der Waals surface area contributed by atoms with E-state index >= 15 is 0 Å². The molecule has 10 nitrogen and oxygen atoms in total. The fourth-order valence-electron chi connectivity index (χ4n) is 5.18. The summed E-state index contributed by atoms with van der Waals surface area (Å²) in [6.45, 7) is -0.290. The van der Waals surface area contributed by atoms with E-state index in [1.54, 1.807) is 66.9 Å². The number of halogens is 2. The van der Waals surface area contributed by atoms with Gasteiger partial charge < -0.3 is 25.5 Å². The summed E-state index contributed by atoms with van der Waals surface area (Å²) in [6.07, 6.45) is 1.80. The first-order valence-corrected chi connectivity index (χ1v) is 14.4. The van der Waals surface area contributed by atoms with Crippen LogP contribution < -0.4 is 15.8 Å². The van der Waals surface area contributed by atoms with E-state index in [1.807, 2.05) is 0 Å². The number of amides is 2. The molecule has 0 unspecified atom stereocenters. The Hall–Kier alpha value is -6.17. The van der Waals surface area contributed by atoms with Crippen LogP contribution >= 0.6 is 0 Å². The Bertz CT molecular complexity index is 2130. The first kappa shape index (κ1) is 30.8. The molecule has 2 aromatic heterocycles. The van der Waals surface area contributed by atoms with E-state index in [-0.39, 0.29) is 18.6 Å². The van der Waals surface area contributed by atoms with Crippen molar-refractivity contribution >= 4 is 39.7 Å². The van der Waals surface area contributed by atoms with Crippen molar-refractivity contribution in [1.82, 2.24) is 20.3 Å². The summed E-state index contributed by atoms with van der Waals surface area (Å²) in [5, 5.41) is 3.48. The van der Waals surface area contributed by atoms with Gasteiger partial charge in [0.2, 0.25) is 0 Å². The van der Waals surface area contributed by atoms with Gasteiger partial charge in [-0.05, 0) is 90.5 Å². The van der Waals surface area contributed by atoms with Gasteiger partial charge in [-0.3, -0.25) is 9.59 Å². The maximum Gasteiger partial charge on any atom is 0.328 e. The number of nitrogens with two attached hydrogens (primary N) is 1. The fraction of sp³-hybridized carbons (Fsp3) is 0.114. The van der Waals surface area contributed by atoms with Crippen molar-refractivity contribution in [2.45, 2.75) is 12.5 Å². The number of esters is 1. The summed E-state index contributed by atoms with van der Waals surface area (Å²) in [5.41, 5.74) is 9.72. The third kappa shape index (κ3) is 6.76. The highest BCUT2D eigenvalue weighted by molar-refractivity contribution is 6.00. The van der Waals surface area contributed by atoms with Gasteiger partial charge in [0.05, 0.1) is 29.5 Å². The Morgan fingerprint density at radius 1 is 0.851 bits per heavy atom. The number of rotatable bonds is 10. The molecule has 47 heavy (non-hydrogen) atoms. The van der Waals surface area contributed by atoms with Crippen molar-refractivity contribution < 1.29 is 32.6 Å². The van der Waals surface area contributed by atoms with Gasteiger partial charge in [0.1, 0.15) is 23.4 Å². The number of hydrogen-bond donors (Lipinski definition) is 3. The summed E-state index contributed by atoms with van der Waals surface area (Å²) in [6, 6.07) is 20.3. The number of aromatic amines is 1. The van der Waals surface area contributed by atoms with Crippen molar-refractivity contribution in [3.63, 3.8) is 0 Å². The van der Waals surface area contributed by atoms with Gasteiger partial charge in [-0.1, -0.05) is 0 Å². The first-order valence-electron chi connectivity index (χ1n) is 14.4. The van der Waals surface area contributed by atoms with Gasteiger partial charge in [0.25, 0.3) is 11.8 Å². The van der Waals surface area contributed by atoms with Crippen LogP contribution in [0.25, 0.3) is 44.5 Å². The topological polar surface area (TPSA) is 149 Å². The molecule has 0 bridgehead atoms. The number of H-pyrrole nitrogens is 1. The normalized spacial score (nSPS) is 11.7. The van der Waals surface area contributed by atoms with E-state index < -0.39 is 35.5 Å². The number of benzene rings is 4. The molecule has 0 aliphatic rings. The number of carbonyl (C=O) groups is 3. The summed E-state index contributed by atoms with van der Waals surface area (Å²) >= 11 is 0. The average Bonchev–Trinajstić information content (AvgIpc) is 3.48. The molecule has 236 valence electrons. The quantitative estimate of drug-likeness (QED) is 0.177. The molecule has 1 atom stereocenters. The standard InChI is InChI=1S/C35H27F2N5O5/c1-46-35(45)30(15-22-17-39-27-13-11-25(16-26(22)27)47-18-31(38)43)42-34(44)21-6-12-28-29(14-21)41-33(20-4-9-24(37)10-5-20)32(40-28)19-2-7-23(36)8-3-19/h2-14,16-17,30,39H,15,18H2,1H3,(H2,38,43)(H,42,44)/t30-/m0/s1. The van der Waals surface area contributed by atoms with Crippen LogP contribution in [-0.4, -0.2) is 52.5 Å². The molecule has 0 aliphatic heterocycles. The molecular formula is C35H27F2N5O5. The molecule has 0 aliphatic carbocycles. The van der Waals surface area contributed by atoms with Crippen molar-refractivity contribution in [2.75, 3.05) is 13.7 Å². The minimum Gasteiger partial charge on any atom is -0.484 e. The second-order valence-electron chi connectivity index (χ2n) is 10.7. The van der Waals surface area contributed by atoms with Crippen LogP contribution in [0.1, 0.15) is 15.9 Å². The van der Waals surface area contributed by atoms with Crippen molar-refractivity contribution in [1.29, 1.82) is 0 Å². The Morgan fingerprint density at radius 2 is 1.49 bits per heavy atom. The lowest BCUT2D eigenvalue weighted by Crippen LogP contribution is -2.43. The number of carbonyl (C=O) groups excluding carboxylic acids is 3. The number of fused-ring (bicyclic) bond motifs is 2. The van der Waals surface area contributed by atoms with Crippen LogP contribution in [0.2, 0.25) is 0 Å². The van der Waals surface area contributed by atoms with E-state index in [9.17, 15) is 23.2 Å². The van der Waals surface area contributed by atoms with Gasteiger partial charge in [-0.2, -0.15) is 0 Å². The third-order valence-electron chi connectivity index (χ3n) is 7.50. The van der Waals surface area contributed by atoms with Crippen LogP contribution in [0.15, 0.2) is 91.1 Å². The summed E-state index contributed by atoms with van der Waals surface area (Å²) in [5.74, 6) is -2.25. The Labute approximate surface area is 266 Å². The lowest BCUT2D eigenvalue weighted by molar-refractivity contribution is -0.142. The fourth-order valence-corrected chi connectivity index (χ4v) is 5.18. The number of ether oxygens (including phenoxy) is 2. The molecule has 0 spiro atoms. The Balaban J connectivity index is 1.31. The highest BCUT2D eigenvalue weighted by Crippen LogP contribution is 2.32. The van der Waals surface area contributed by atoms with Crippen LogP contribution in [0.5, 0.6) is 5.75 Å². The zero-order valence-corrected chi connectivity index (χ0v) is 24.9. The lowest BCUT2D eigenvalue weighted by Gasteiger charge is -2.17. The second-order valence-corrected chi connectivity index (χ2v) is 10.7. The second kappa shape index (κ2) is 13.1. The monoisotopic (exact) mass is 635 g/mol. The summed E-state index contributed by atoms with van der Waals surface area (Å²) in [7, 11) is 1.23. The number of nitrogens with zero attached hydrogens (tertiary/aromatic N) is 2. The molecular weight excluding hydrogens is 608 g/mol. The summed E-state index contributed by atoms with van der Waals surface area (Å²) < 4.78 is 37.8. The molecule has 6 aromatic rings. The van der Waals surface area contributed by atoms with Crippen LogP contribution in [0, 0.1) is 11.6 Å². The predicted octanol–water partition coefficient (Wildman–Crippen LogP) is 5.10. The highest BCUT2D eigenvalue weighted by Gasteiger charge is 2.25. The van der Waals surface area contributed by atoms with Crippen molar-refractivity contribution in [3.05, 3.63) is 114 Å². The van der Waals surface area contributed by atoms with Gasteiger partial charge in [-0.25, -0.2) is 23.5 Å². The molecule has 2 heterocycles. The van der Waals surface area contributed by atoms with Crippen molar-refractivity contribution in [2.24, 2.45) is 5.73 Å². The molecule has 0 saturated heterocycles. The van der Waals surface area contributed by atoms with Crippen molar-refractivity contribution in [3.8, 4) is 28.3 Å². The number of primary amides is 1. The minimum absolute atomic E-state index is 0.0841. The largest absolute Gasteiger partial charge is 0.484 e. The van der Waals surface area contributed by atoms with Crippen LogP contribution in [0.3, 0.4) is 0 Å². The van der Waals surface area contributed by atoms with Gasteiger partial charge >= 0.3 is 5.97 Å². The van der Waals surface area contributed by atoms with E-state index in [0.717, 1.165) is 10.9 Å². The molecule has 4 N–H and O–H groups in total. The number of hydrogen-bond acceptors (Lipinski definition) is 7. The average molecular weight is 636 g/mol. The smallest absolute Gasteiger partial charge is 0.328 e. The maximum atomic E-state index is 13.7. The molecule has 4 aromatic carbocycles.